The molecule has 3 aromatic heterocycles. The molecule has 1 saturated heterocycles. The molecule has 1 fully saturated rings. The maximum Gasteiger partial charge on any atom is 0.317 e. The van der Waals surface area contributed by atoms with Gasteiger partial charge in [-0.1, -0.05) is 23.4 Å². The van der Waals surface area contributed by atoms with Crippen LogP contribution in [0.15, 0.2) is 60.8 Å². The van der Waals surface area contributed by atoms with E-state index in [1.807, 2.05) is 52.3 Å². The number of hydrogen-bond donors (Lipinski definition) is 2. The Labute approximate surface area is 314 Å². The van der Waals surface area contributed by atoms with Crippen LogP contribution in [0.4, 0.5) is 0 Å². The van der Waals surface area contributed by atoms with Gasteiger partial charge in [-0.25, -0.2) is 9.67 Å². The third-order valence-corrected chi connectivity index (χ3v) is 8.72. The van der Waals surface area contributed by atoms with Crippen molar-refractivity contribution >= 4 is 18.4 Å². The molecule has 259 valence electrons. The largest absolute Gasteiger partial charge is 0.480 e. The maximum atomic E-state index is 11.9. The average molecular weight is 759 g/mol. The molecular weight excluding hydrogens is 719 g/mol. The van der Waals surface area contributed by atoms with E-state index in [4.69, 9.17) is 14.7 Å². The Morgan fingerprint density at radius 1 is 0.720 bits per heavy atom. The minimum Gasteiger partial charge on any atom is -0.480 e. The zero-order valence-corrected chi connectivity index (χ0v) is 30.5. The molecule has 0 saturated carbocycles. The quantitative estimate of drug-likeness (QED) is 0.259. The topological polar surface area (TPSA) is 170 Å². The molecule has 15 nitrogen and oxygen atoms in total. The smallest absolute Gasteiger partial charge is 0.317 e. The fraction of sp³-hybridized carbons (Fsp3) is 0.382. The molecule has 0 atom stereocenters. The van der Waals surface area contributed by atoms with Gasteiger partial charge in [-0.05, 0) is 47.5 Å². The molecule has 3 aliphatic heterocycles. The second kappa shape index (κ2) is 17.8. The van der Waals surface area contributed by atoms with Crippen LogP contribution in [0.5, 0.6) is 5.75 Å². The van der Waals surface area contributed by atoms with Crippen molar-refractivity contribution in [3.63, 3.8) is 0 Å². The molecule has 50 heavy (non-hydrogen) atoms. The second-order valence-corrected chi connectivity index (χ2v) is 12.3. The normalized spacial score (nSPS) is 19.0. The first kappa shape index (κ1) is 37.3. The third kappa shape index (κ3) is 10.3. The zero-order chi connectivity index (χ0) is 34.2. The minimum atomic E-state index is -0.886. The molecule has 7 rings (SSSR count). The summed E-state index contributed by atoms with van der Waals surface area (Å²) < 4.78 is 6.79. The van der Waals surface area contributed by atoms with Gasteiger partial charge in [0.2, 0.25) is 0 Å². The third-order valence-electron chi connectivity index (χ3n) is 8.72. The van der Waals surface area contributed by atoms with Gasteiger partial charge in [0.15, 0.2) is 0 Å². The predicted molar refractivity (Wildman–Crippen MR) is 177 cm³/mol. The van der Waals surface area contributed by atoms with Crippen molar-refractivity contribution in [2.75, 3.05) is 65.4 Å². The first-order valence-electron chi connectivity index (χ1n) is 16.2. The van der Waals surface area contributed by atoms with Gasteiger partial charge >= 0.3 is 11.9 Å². The van der Waals surface area contributed by atoms with Crippen LogP contribution in [0.1, 0.15) is 17.1 Å². The van der Waals surface area contributed by atoms with E-state index in [0.29, 0.717) is 89.9 Å². The Bertz CT molecular complexity index is 1740. The van der Waals surface area contributed by atoms with Crippen molar-refractivity contribution < 1.29 is 62.0 Å². The van der Waals surface area contributed by atoms with Crippen LogP contribution < -0.4 is 4.74 Å². The van der Waals surface area contributed by atoms with Crippen LogP contribution in [0.3, 0.4) is 0 Å². The number of benzene rings is 1. The number of fused-ring (bicyclic) bond motifs is 8. The Morgan fingerprint density at radius 2 is 1.30 bits per heavy atom. The van der Waals surface area contributed by atoms with Crippen LogP contribution in [0.2, 0.25) is 0 Å². The molecule has 4 aromatic rings. The number of hydrogen-bond acceptors (Lipinski definition) is 12. The Hall–Kier alpha value is -3.99. The summed E-state index contributed by atoms with van der Waals surface area (Å²) in [4.78, 5) is 52.9. The Kier molecular flexibility index (Phi) is 13.3. The minimum absolute atomic E-state index is 0. The molecule has 6 bridgehead atoms. The van der Waals surface area contributed by atoms with E-state index in [2.05, 4.69) is 20.1 Å². The number of carbonyl (C=O) groups is 3. The molecule has 0 aliphatic carbocycles. The van der Waals surface area contributed by atoms with Crippen LogP contribution in [-0.4, -0.2) is 139 Å². The van der Waals surface area contributed by atoms with E-state index in [1.165, 1.54) is 0 Å². The fourth-order valence-electron chi connectivity index (χ4n) is 6.25. The van der Waals surface area contributed by atoms with Gasteiger partial charge in [-0.3, -0.25) is 39.0 Å². The van der Waals surface area contributed by atoms with E-state index in [1.54, 1.807) is 23.0 Å². The van der Waals surface area contributed by atoms with Crippen LogP contribution in [0, 0.1) is 0 Å². The standard InChI is InChI=1S/C34H39N9O6.Y/c44-24-49-30-6-4-25(5-7-30)26-16-28-20-40-10-14-41(22-33(45)46)12-8-39(9-13-42(15-11-40)23-34(47)48)19-27-2-1-3-31(37-27)32-18-35-38-43(32)21-29(17-26)36-28;/h1-7,16-18,24H,8-15,19-23H2,(H,45,46)(H,47,48);. The molecule has 3 aliphatic rings. The van der Waals surface area contributed by atoms with Crippen molar-refractivity contribution in [2.45, 2.75) is 19.6 Å². The number of nitrogens with zero attached hydrogens (tertiary/aromatic N) is 9. The number of ether oxygens (including phenoxy) is 1. The molecule has 0 unspecified atom stereocenters. The van der Waals surface area contributed by atoms with E-state index >= 15 is 0 Å². The number of carboxylic acid groups (broad SMARTS) is 2. The predicted octanol–water partition coefficient (Wildman–Crippen LogP) is 1.39. The zero-order valence-electron chi connectivity index (χ0n) is 27.7. The van der Waals surface area contributed by atoms with Crippen LogP contribution in [0.25, 0.3) is 22.5 Å². The Balaban J connectivity index is 0.00000486. The first-order chi connectivity index (χ1) is 23.8. The summed E-state index contributed by atoms with van der Waals surface area (Å²) in [5.41, 5.74) is 5.61. The summed E-state index contributed by atoms with van der Waals surface area (Å²) in [6, 6.07) is 17.0. The van der Waals surface area contributed by atoms with Gasteiger partial charge in [0.25, 0.3) is 6.47 Å². The van der Waals surface area contributed by atoms with Gasteiger partial charge in [-0.2, -0.15) is 0 Å². The number of pyridine rings is 2. The summed E-state index contributed by atoms with van der Waals surface area (Å²) in [6.45, 7) is 5.89. The monoisotopic (exact) mass is 758 g/mol. The summed E-state index contributed by atoms with van der Waals surface area (Å²) >= 11 is 0. The van der Waals surface area contributed by atoms with Crippen molar-refractivity contribution in [3.8, 4) is 28.3 Å². The van der Waals surface area contributed by atoms with Crippen molar-refractivity contribution in [1.82, 2.24) is 44.6 Å². The van der Waals surface area contributed by atoms with Crippen molar-refractivity contribution in [3.05, 3.63) is 77.9 Å². The van der Waals surface area contributed by atoms with E-state index in [9.17, 15) is 24.6 Å². The van der Waals surface area contributed by atoms with Crippen LogP contribution >= 0.6 is 0 Å². The van der Waals surface area contributed by atoms with E-state index < -0.39 is 11.9 Å². The van der Waals surface area contributed by atoms with Crippen LogP contribution in [-0.2, 0) is 66.7 Å². The number of aromatic nitrogens is 5. The Morgan fingerprint density at radius 3 is 1.88 bits per heavy atom. The number of carbonyl (C=O) groups excluding carboxylic acids is 1. The summed E-state index contributed by atoms with van der Waals surface area (Å²) in [5.74, 6) is -1.34. The van der Waals surface area contributed by atoms with Gasteiger partial charge in [0.1, 0.15) is 11.4 Å². The number of rotatable bonds is 7. The summed E-state index contributed by atoms with van der Waals surface area (Å²) in [5, 5.41) is 28.1. The molecule has 6 heterocycles. The SMILES string of the molecule is O=COc1ccc(-c2cc3nc(c2)Cn2nncc2-c2cccc(n2)CN2CCN(CC(=O)O)CCN(CCN(CC(=O)O)CC2)C3)cc1.[Y]. The first-order valence-corrected chi connectivity index (χ1v) is 16.2. The summed E-state index contributed by atoms with van der Waals surface area (Å²) in [7, 11) is 0. The van der Waals surface area contributed by atoms with Gasteiger partial charge in [0, 0.05) is 98.2 Å². The number of aliphatic carboxylic acids is 2. The molecule has 16 heteroatoms. The molecule has 2 N–H and O–H groups in total. The van der Waals surface area contributed by atoms with Gasteiger partial charge < -0.3 is 14.9 Å². The number of carboxylic acids is 2. The molecule has 0 amide bonds. The fourth-order valence-corrected chi connectivity index (χ4v) is 6.25. The van der Waals surface area contributed by atoms with Crippen molar-refractivity contribution in [2.24, 2.45) is 0 Å². The molecule has 1 radical (unpaired) electrons. The molecule has 0 spiro atoms. The van der Waals surface area contributed by atoms with Gasteiger partial charge in [-0.15, -0.1) is 5.10 Å². The summed E-state index contributed by atoms with van der Waals surface area (Å²) in [6.07, 6.45) is 1.69. The maximum absolute atomic E-state index is 11.9. The van der Waals surface area contributed by atoms with Crippen molar-refractivity contribution in [1.29, 1.82) is 0 Å². The van der Waals surface area contributed by atoms with Gasteiger partial charge in [0.05, 0.1) is 48.6 Å². The van der Waals surface area contributed by atoms with E-state index in [-0.39, 0.29) is 45.8 Å². The molecular formula is C34H39N9O6Y. The molecule has 1 aromatic carbocycles. The van der Waals surface area contributed by atoms with E-state index in [0.717, 1.165) is 33.9 Å². The second-order valence-electron chi connectivity index (χ2n) is 12.3. The average Bonchev–Trinajstić information content (AvgIpc) is 3.53.